The molecule has 2 N–H and O–H groups in total. The summed E-state index contributed by atoms with van der Waals surface area (Å²) < 4.78 is 5.09. The van der Waals surface area contributed by atoms with Crippen molar-refractivity contribution in [2.24, 2.45) is 0 Å². The number of ether oxygens (including phenoxy) is 1. The first-order chi connectivity index (χ1) is 16.6. The van der Waals surface area contributed by atoms with Gasteiger partial charge in [0.15, 0.2) is 0 Å². The van der Waals surface area contributed by atoms with Crippen LogP contribution in [0, 0.1) is 6.92 Å². The number of nitrogens with one attached hydrogen (secondary N) is 2. The number of aryl methyl sites for hydroxylation is 1. The van der Waals surface area contributed by atoms with Gasteiger partial charge in [0.1, 0.15) is 0 Å². The molecule has 176 valence electrons. The summed E-state index contributed by atoms with van der Waals surface area (Å²) in [5, 5.41) is 5.95. The molecule has 1 aliphatic rings. The second kappa shape index (κ2) is 11.0. The van der Waals surface area contributed by atoms with Gasteiger partial charge in [-0.3, -0.25) is 9.59 Å². The number of methoxy groups -OCH3 is 1. The smallest absolute Gasteiger partial charge is 0.255 e. The normalized spacial score (nSPS) is 12.7. The molecular formula is C28H31N3O3. The van der Waals surface area contributed by atoms with E-state index in [0.717, 1.165) is 37.2 Å². The molecule has 4 rings (SSSR count). The highest BCUT2D eigenvalue weighted by atomic mass is 16.5. The highest BCUT2D eigenvalue weighted by Gasteiger charge is 2.22. The van der Waals surface area contributed by atoms with Crippen LogP contribution in [0.4, 0.5) is 11.4 Å². The zero-order valence-corrected chi connectivity index (χ0v) is 19.8. The van der Waals surface area contributed by atoms with Crippen LogP contribution in [0.5, 0.6) is 0 Å². The van der Waals surface area contributed by atoms with E-state index in [1.54, 1.807) is 19.2 Å². The molecule has 2 amide bonds. The molecular weight excluding hydrogens is 426 g/mol. The molecule has 0 aliphatic carbocycles. The quantitative estimate of drug-likeness (QED) is 0.486. The Bertz CT molecular complexity index is 1180. The van der Waals surface area contributed by atoms with E-state index in [9.17, 15) is 9.59 Å². The maximum Gasteiger partial charge on any atom is 0.255 e. The monoisotopic (exact) mass is 457 g/mol. The van der Waals surface area contributed by atoms with Gasteiger partial charge in [-0.05, 0) is 60.7 Å². The predicted octanol–water partition coefficient (Wildman–Crippen LogP) is 4.58. The number of benzene rings is 3. The molecule has 0 atom stereocenters. The van der Waals surface area contributed by atoms with Crippen molar-refractivity contribution in [3.63, 3.8) is 0 Å². The first-order valence-electron chi connectivity index (χ1n) is 11.7. The molecule has 0 radical (unpaired) electrons. The van der Waals surface area contributed by atoms with Crippen LogP contribution in [-0.2, 0) is 17.7 Å². The van der Waals surface area contributed by atoms with Crippen molar-refractivity contribution >= 4 is 23.2 Å². The van der Waals surface area contributed by atoms with Gasteiger partial charge in [-0.25, -0.2) is 0 Å². The van der Waals surface area contributed by atoms with E-state index in [2.05, 4.69) is 39.8 Å². The number of hydrogen-bond donors (Lipinski definition) is 2. The van der Waals surface area contributed by atoms with Gasteiger partial charge in [0.25, 0.3) is 11.8 Å². The van der Waals surface area contributed by atoms with Crippen LogP contribution < -0.4 is 15.5 Å². The van der Waals surface area contributed by atoms with Crippen molar-refractivity contribution in [1.29, 1.82) is 0 Å². The fourth-order valence-corrected chi connectivity index (χ4v) is 4.31. The van der Waals surface area contributed by atoms with E-state index in [1.807, 2.05) is 37.3 Å². The van der Waals surface area contributed by atoms with Crippen LogP contribution in [0.1, 0.15) is 43.8 Å². The van der Waals surface area contributed by atoms with Crippen molar-refractivity contribution in [3.05, 3.63) is 94.5 Å². The van der Waals surface area contributed by atoms with Crippen molar-refractivity contribution < 1.29 is 14.3 Å². The summed E-state index contributed by atoms with van der Waals surface area (Å²) in [5.74, 6) is -0.346. The average molecular weight is 458 g/mol. The summed E-state index contributed by atoms with van der Waals surface area (Å²) in [5.41, 5.74) is 6.16. The Labute approximate surface area is 200 Å². The van der Waals surface area contributed by atoms with Crippen LogP contribution in [-0.4, -0.2) is 38.6 Å². The van der Waals surface area contributed by atoms with Gasteiger partial charge in [0.2, 0.25) is 0 Å². The minimum atomic E-state index is -0.191. The number of nitrogens with zero attached hydrogens (tertiary/aromatic N) is 1. The fraction of sp³-hybridized carbons (Fsp3) is 0.286. The van der Waals surface area contributed by atoms with Crippen molar-refractivity contribution in [3.8, 4) is 0 Å². The molecule has 34 heavy (non-hydrogen) atoms. The van der Waals surface area contributed by atoms with E-state index in [-0.39, 0.29) is 11.8 Å². The predicted molar refractivity (Wildman–Crippen MR) is 136 cm³/mol. The third kappa shape index (κ3) is 5.46. The molecule has 0 spiro atoms. The van der Waals surface area contributed by atoms with Crippen LogP contribution in [0.2, 0.25) is 0 Å². The maximum absolute atomic E-state index is 13.2. The molecule has 6 heteroatoms. The summed E-state index contributed by atoms with van der Waals surface area (Å²) in [6.45, 7) is 4.59. The van der Waals surface area contributed by atoms with Gasteiger partial charge in [-0.1, -0.05) is 42.5 Å². The van der Waals surface area contributed by atoms with Crippen molar-refractivity contribution in [1.82, 2.24) is 5.32 Å². The lowest BCUT2D eigenvalue weighted by Crippen LogP contribution is -2.33. The largest absolute Gasteiger partial charge is 0.385 e. The summed E-state index contributed by atoms with van der Waals surface area (Å²) in [4.78, 5) is 28.3. The van der Waals surface area contributed by atoms with Crippen LogP contribution in [0.15, 0.2) is 66.7 Å². The Hall–Kier alpha value is -3.64. The molecule has 1 heterocycles. The SMILES string of the molecule is COCCCNC(=O)c1cc(NC(=O)c2ccccc2C)ccc1N1CCc2ccccc2C1. The Morgan fingerprint density at radius 2 is 1.71 bits per heavy atom. The lowest BCUT2D eigenvalue weighted by atomic mass is 9.98. The Balaban J connectivity index is 1.60. The second-order valence-electron chi connectivity index (χ2n) is 8.54. The molecule has 3 aromatic carbocycles. The molecule has 0 unspecified atom stereocenters. The van der Waals surface area contributed by atoms with Crippen molar-refractivity contribution in [2.75, 3.05) is 37.0 Å². The Morgan fingerprint density at radius 1 is 0.941 bits per heavy atom. The number of hydrogen-bond acceptors (Lipinski definition) is 4. The first-order valence-corrected chi connectivity index (χ1v) is 11.7. The zero-order valence-electron chi connectivity index (χ0n) is 19.8. The van der Waals surface area contributed by atoms with Gasteiger partial charge < -0.3 is 20.3 Å². The van der Waals surface area contributed by atoms with Gasteiger partial charge >= 0.3 is 0 Å². The molecule has 0 fully saturated rings. The zero-order chi connectivity index (χ0) is 23.9. The topological polar surface area (TPSA) is 70.7 Å². The standard InChI is InChI=1S/C28H31N3O3/c1-20-8-3-6-11-24(20)28(33)30-23-12-13-26(25(18-23)27(32)29-15-7-17-34-2)31-16-14-21-9-4-5-10-22(21)19-31/h3-6,8-13,18H,7,14-17,19H2,1-2H3,(H,29,32)(H,30,33). The number of anilines is 2. The van der Waals surface area contributed by atoms with E-state index in [4.69, 9.17) is 4.74 Å². The minimum absolute atomic E-state index is 0.156. The number of rotatable bonds is 8. The lowest BCUT2D eigenvalue weighted by Gasteiger charge is -2.32. The first kappa shape index (κ1) is 23.5. The number of amides is 2. The molecule has 0 saturated carbocycles. The van der Waals surface area contributed by atoms with E-state index in [1.165, 1.54) is 11.1 Å². The van der Waals surface area contributed by atoms with Crippen LogP contribution in [0.25, 0.3) is 0 Å². The summed E-state index contributed by atoms with van der Waals surface area (Å²) in [6.07, 6.45) is 1.66. The molecule has 0 aromatic heterocycles. The summed E-state index contributed by atoms with van der Waals surface area (Å²) in [7, 11) is 1.65. The third-order valence-corrected chi connectivity index (χ3v) is 6.17. The molecule has 0 saturated heterocycles. The van der Waals surface area contributed by atoms with Crippen LogP contribution in [0.3, 0.4) is 0 Å². The van der Waals surface area contributed by atoms with Crippen LogP contribution >= 0.6 is 0 Å². The van der Waals surface area contributed by atoms with Gasteiger partial charge in [0.05, 0.1) is 5.56 Å². The summed E-state index contributed by atoms with van der Waals surface area (Å²) in [6, 6.07) is 21.5. The molecule has 1 aliphatic heterocycles. The van der Waals surface area contributed by atoms with Crippen molar-refractivity contribution in [2.45, 2.75) is 26.3 Å². The Kier molecular flexibility index (Phi) is 7.60. The van der Waals surface area contributed by atoms with Gasteiger partial charge in [0, 0.05) is 50.3 Å². The fourth-order valence-electron chi connectivity index (χ4n) is 4.31. The van der Waals surface area contributed by atoms with E-state index < -0.39 is 0 Å². The highest BCUT2D eigenvalue weighted by molar-refractivity contribution is 6.07. The highest BCUT2D eigenvalue weighted by Crippen LogP contribution is 2.30. The number of carbonyl (C=O) groups excluding carboxylic acids is 2. The molecule has 0 bridgehead atoms. The van der Waals surface area contributed by atoms with E-state index in [0.29, 0.717) is 30.0 Å². The summed E-state index contributed by atoms with van der Waals surface area (Å²) >= 11 is 0. The lowest BCUT2D eigenvalue weighted by molar-refractivity contribution is 0.0947. The average Bonchev–Trinajstić information content (AvgIpc) is 2.86. The van der Waals surface area contributed by atoms with Gasteiger partial charge in [-0.15, -0.1) is 0 Å². The molecule has 6 nitrogen and oxygen atoms in total. The maximum atomic E-state index is 13.2. The van der Waals surface area contributed by atoms with E-state index >= 15 is 0 Å². The minimum Gasteiger partial charge on any atom is -0.385 e. The third-order valence-electron chi connectivity index (χ3n) is 6.17. The van der Waals surface area contributed by atoms with Gasteiger partial charge in [-0.2, -0.15) is 0 Å². The second-order valence-corrected chi connectivity index (χ2v) is 8.54. The number of fused-ring (bicyclic) bond motifs is 1. The molecule has 3 aromatic rings. The number of carbonyl (C=O) groups is 2. The Morgan fingerprint density at radius 3 is 2.50 bits per heavy atom.